The van der Waals surface area contributed by atoms with Crippen molar-refractivity contribution >= 4 is 66.7 Å². The molecule has 4 aromatic carbocycles. The Labute approximate surface area is 249 Å². The maximum Gasteiger partial charge on any atom is 0.336 e. The van der Waals surface area contributed by atoms with Crippen molar-refractivity contribution in [3.63, 3.8) is 0 Å². The fourth-order valence-corrected chi connectivity index (χ4v) is 5.29. The number of esters is 1. The zero-order chi connectivity index (χ0) is 28.9. The molecule has 0 unspecified atom stereocenters. The first-order chi connectivity index (χ1) is 19.8. The smallest absolute Gasteiger partial charge is 0.336 e. The molecular weight excluding hydrogens is 656 g/mol. The van der Waals surface area contributed by atoms with E-state index in [1.807, 2.05) is 36.4 Å². The van der Waals surface area contributed by atoms with Crippen LogP contribution >= 0.6 is 31.9 Å². The number of carbonyl (C=O) groups is 1. The molecule has 1 heterocycles. The molecule has 0 saturated heterocycles. The van der Waals surface area contributed by atoms with Crippen molar-refractivity contribution < 1.29 is 14.5 Å². The fourth-order valence-electron chi connectivity index (χ4n) is 3.95. The van der Waals surface area contributed by atoms with Crippen LogP contribution in [-0.2, 0) is 4.79 Å². The normalized spacial score (nSPS) is 11.4. The molecule has 0 aliphatic rings. The van der Waals surface area contributed by atoms with Crippen LogP contribution < -0.4 is 10.3 Å². The van der Waals surface area contributed by atoms with E-state index in [-0.39, 0.29) is 17.0 Å². The van der Waals surface area contributed by atoms with Crippen LogP contribution in [0.15, 0.2) is 116 Å². The molecule has 0 N–H and O–H groups in total. The lowest BCUT2D eigenvalue weighted by atomic mass is 10.2. The number of non-ortho nitro benzene ring substituents is 1. The summed E-state index contributed by atoms with van der Waals surface area (Å²) in [6, 6.07) is 25.5. The van der Waals surface area contributed by atoms with Gasteiger partial charge in [0.05, 0.1) is 26.5 Å². The van der Waals surface area contributed by atoms with Gasteiger partial charge in [0.1, 0.15) is 0 Å². The minimum atomic E-state index is -0.719. The summed E-state index contributed by atoms with van der Waals surface area (Å²) in [7, 11) is 0. The zero-order valence-corrected chi connectivity index (χ0v) is 24.2. The summed E-state index contributed by atoms with van der Waals surface area (Å²) in [6.45, 7) is 0. The lowest BCUT2D eigenvalue weighted by molar-refractivity contribution is -0.384. The average Bonchev–Trinajstić information content (AvgIpc) is 2.97. The predicted octanol–water partition coefficient (Wildman–Crippen LogP) is 7.00. The second kappa shape index (κ2) is 12.2. The van der Waals surface area contributed by atoms with Gasteiger partial charge in [0.2, 0.25) is 0 Å². The van der Waals surface area contributed by atoms with Crippen molar-refractivity contribution in [1.29, 1.82) is 0 Å². The van der Waals surface area contributed by atoms with Gasteiger partial charge in [0.25, 0.3) is 11.2 Å². The highest BCUT2D eigenvalue weighted by atomic mass is 79.9. The molecule has 202 valence electrons. The Hall–Kier alpha value is -4.74. The molecule has 11 heteroatoms. The highest BCUT2D eigenvalue weighted by molar-refractivity contribution is 9.11. The number of rotatable bonds is 7. The van der Waals surface area contributed by atoms with Crippen LogP contribution in [0.4, 0.5) is 5.69 Å². The maximum absolute atomic E-state index is 13.5. The first-order valence-electron chi connectivity index (χ1n) is 12.0. The van der Waals surface area contributed by atoms with Crippen molar-refractivity contribution in [1.82, 2.24) is 9.66 Å². The first kappa shape index (κ1) is 27.8. The third-order valence-electron chi connectivity index (χ3n) is 5.83. The van der Waals surface area contributed by atoms with E-state index < -0.39 is 10.9 Å². The van der Waals surface area contributed by atoms with Gasteiger partial charge in [-0.3, -0.25) is 14.9 Å². The van der Waals surface area contributed by atoms with Gasteiger partial charge in [-0.1, -0.05) is 70.5 Å². The van der Waals surface area contributed by atoms with Gasteiger partial charge in [-0.05, 0) is 51.8 Å². The molecule has 0 radical (unpaired) electrons. The van der Waals surface area contributed by atoms with Gasteiger partial charge in [0, 0.05) is 33.8 Å². The van der Waals surface area contributed by atoms with E-state index >= 15 is 0 Å². The molecule has 9 nitrogen and oxygen atoms in total. The van der Waals surface area contributed by atoms with E-state index in [1.54, 1.807) is 36.4 Å². The van der Waals surface area contributed by atoms with E-state index in [9.17, 15) is 19.7 Å². The number of nitro benzene ring substituents is 1. The van der Waals surface area contributed by atoms with Gasteiger partial charge in [-0.25, -0.2) is 9.78 Å². The molecule has 0 amide bonds. The van der Waals surface area contributed by atoms with Crippen molar-refractivity contribution in [2.45, 2.75) is 0 Å². The molecule has 0 aliphatic carbocycles. The molecule has 0 aliphatic heterocycles. The second-order valence-corrected chi connectivity index (χ2v) is 10.4. The topological polar surface area (TPSA) is 117 Å². The van der Waals surface area contributed by atoms with Crippen molar-refractivity contribution in [3.8, 4) is 17.1 Å². The molecule has 41 heavy (non-hydrogen) atoms. The molecular formula is C30H18Br2N4O5. The SMILES string of the molecule is O=C(/C=C/c1cccc([N+](=O)[O-])c1)Oc1c(Br)cc(Br)cc1C=Nn1c(-c2ccccc2)nc2ccccc2c1=O. The number of ether oxygens (including phenoxy) is 1. The Balaban J connectivity index is 1.52. The number of carbonyl (C=O) groups excluding carboxylic acids is 1. The highest BCUT2D eigenvalue weighted by Gasteiger charge is 2.15. The molecule has 0 saturated carbocycles. The number of para-hydroxylation sites is 1. The van der Waals surface area contributed by atoms with Gasteiger partial charge in [-0.2, -0.15) is 9.78 Å². The molecule has 0 spiro atoms. The summed E-state index contributed by atoms with van der Waals surface area (Å²) in [5.41, 5.74) is 1.63. The first-order valence-corrected chi connectivity index (χ1v) is 13.6. The monoisotopic (exact) mass is 672 g/mol. The number of halogens is 2. The van der Waals surface area contributed by atoms with Crippen LogP contribution in [0.5, 0.6) is 5.75 Å². The number of nitro groups is 1. The summed E-state index contributed by atoms with van der Waals surface area (Å²) in [6.07, 6.45) is 3.99. The van der Waals surface area contributed by atoms with E-state index in [4.69, 9.17) is 4.74 Å². The third-order valence-corrected chi connectivity index (χ3v) is 6.88. The Morgan fingerprint density at radius 3 is 2.51 bits per heavy atom. The molecule has 5 aromatic rings. The Kier molecular flexibility index (Phi) is 8.27. The number of hydrogen-bond acceptors (Lipinski definition) is 7. The van der Waals surface area contributed by atoms with Crippen LogP contribution in [-0.4, -0.2) is 26.8 Å². The summed E-state index contributed by atoms with van der Waals surface area (Å²) < 4.78 is 7.95. The minimum absolute atomic E-state index is 0.0945. The lowest BCUT2D eigenvalue weighted by Gasteiger charge is -2.11. The van der Waals surface area contributed by atoms with E-state index in [0.29, 0.717) is 42.4 Å². The van der Waals surface area contributed by atoms with Crippen LogP contribution in [0.2, 0.25) is 0 Å². The van der Waals surface area contributed by atoms with Crippen LogP contribution in [0.25, 0.3) is 28.4 Å². The van der Waals surface area contributed by atoms with Gasteiger partial charge in [0.15, 0.2) is 11.6 Å². The van der Waals surface area contributed by atoms with E-state index in [1.165, 1.54) is 41.2 Å². The number of aromatic nitrogens is 2. The molecule has 0 bridgehead atoms. The third kappa shape index (κ3) is 6.37. The molecule has 0 fully saturated rings. The zero-order valence-electron chi connectivity index (χ0n) is 21.0. The number of benzene rings is 4. The highest BCUT2D eigenvalue weighted by Crippen LogP contribution is 2.32. The minimum Gasteiger partial charge on any atom is -0.421 e. The van der Waals surface area contributed by atoms with Crippen LogP contribution in [0, 0.1) is 10.1 Å². The van der Waals surface area contributed by atoms with Gasteiger partial charge >= 0.3 is 5.97 Å². The fraction of sp³-hybridized carbons (Fsp3) is 0. The number of nitrogens with zero attached hydrogens (tertiary/aromatic N) is 4. The Morgan fingerprint density at radius 2 is 1.73 bits per heavy atom. The predicted molar refractivity (Wildman–Crippen MR) is 164 cm³/mol. The standard InChI is InChI=1S/C30H18Br2N4O5/c31-22-16-21(28(25(32)17-22)41-27(37)14-13-19-7-6-10-23(15-19)36(39)40)18-33-35-29(20-8-2-1-3-9-20)34-26-12-5-4-11-24(26)30(35)38/h1-18H/b14-13+,33-18?. The summed E-state index contributed by atoms with van der Waals surface area (Å²) in [5.74, 6) is -0.213. The quantitative estimate of drug-likeness (QED) is 0.0459. The van der Waals surface area contributed by atoms with Crippen molar-refractivity contribution in [2.24, 2.45) is 5.10 Å². The summed E-state index contributed by atoms with van der Waals surface area (Å²) in [4.78, 5) is 41.4. The maximum atomic E-state index is 13.5. The van der Waals surface area contributed by atoms with Gasteiger partial charge in [-0.15, -0.1) is 0 Å². The molecule has 1 aromatic heterocycles. The molecule has 0 atom stereocenters. The Morgan fingerprint density at radius 1 is 0.976 bits per heavy atom. The van der Waals surface area contributed by atoms with Crippen molar-refractivity contribution in [2.75, 3.05) is 0 Å². The Bertz CT molecular complexity index is 1920. The van der Waals surface area contributed by atoms with Crippen LogP contribution in [0.3, 0.4) is 0 Å². The average molecular weight is 674 g/mol. The number of fused-ring (bicyclic) bond motifs is 1. The second-order valence-electron chi connectivity index (χ2n) is 8.59. The van der Waals surface area contributed by atoms with Crippen LogP contribution in [0.1, 0.15) is 11.1 Å². The number of hydrogen-bond donors (Lipinski definition) is 0. The largest absolute Gasteiger partial charge is 0.421 e. The van der Waals surface area contributed by atoms with E-state index in [0.717, 1.165) is 0 Å². The molecule has 5 rings (SSSR count). The lowest BCUT2D eigenvalue weighted by Crippen LogP contribution is -2.20. The summed E-state index contributed by atoms with van der Waals surface area (Å²) in [5, 5.41) is 15.9. The van der Waals surface area contributed by atoms with Crippen molar-refractivity contribution in [3.05, 3.63) is 138 Å². The summed E-state index contributed by atoms with van der Waals surface area (Å²) >= 11 is 6.86. The van der Waals surface area contributed by atoms with E-state index in [2.05, 4.69) is 41.9 Å². The van der Waals surface area contributed by atoms with Gasteiger partial charge < -0.3 is 4.74 Å².